The van der Waals surface area contributed by atoms with Crippen molar-refractivity contribution >= 4 is 11.6 Å². The zero-order valence-corrected chi connectivity index (χ0v) is 8.47. The fourth-order valence-electron chi connectivity index (χ4n) is 1.33. The lowest BCUT2D eigenvalue weighted by Crippen LogP contribution is -2.12. The number of aromatic amines is 1. The molecular formula is C12H11N2O2+. The Hall–Kier alpha value is -2.36. The third kappa shape index (κ3) is 2.17. The van der Waals surface area contributed by atoms with Crippen LogP contribution in [0.1, 0.15) is 10.4 Å². The fourth-order valence-corrected chi connectivity index (χ4v) is 1.33. The van der Waals surface area contributed by atoms with Gasteiger partial charge in [-0.05, 0) is 12.1 Å². The third-order valence-corrected chi connectivity index (χ3v) is 2.12. The van der Waals surface area contributed by atoms with Crippen molar-refractivity contribution in [3.05, 3.63) is 54.4 Å². The van der Waals surface area contributed by atoms with Crippen molar-refractivity contribution in [2.45, 2.75) is 0 Å². The Morgan fingerprint density at radius 3 is 2.50 bits per heavy atom. The highest BCUT2D eigenvalue weighted by Crippen LogP contribution is 2.17. The molecule has 0 saturated carbocycles. The van der Waals surface area contributed by atoms with Crippen molar-refractivity contribution in [3.8, 4) is 5.75 Å². The number of hydrogen-bond donors (Lipinski definition) is 2. The van der Waals surface area contributed by atoms with Crippen molar-refractivity contribution in [2.75, 3.05) is 5.32 Å². The predicted molar refractivity (Wildman–Crippen MR) is 59.1 cm³/mol. The molecule has 80 valence electrons. The van der Waals surface area contributed by atoms with Crippen molar-refractivity contribution in [2.24, 2.45) is 0 Å². The van der Waals surface area contributed by atoms with E-state index < -0.39 is 0 Å². The van der Waals surface area contributed by atoms with Crippen molar-refractivity contribution < 1.29 is 14.9 Å². The molecule has 16 heavy (non-hydrogen) atoms. The van der Waals surface area contributed by atoms with Crippen LogP contribution in [0.2, 0.25) is 0 Å². The number of nitrogens with one attached hydrogen (secondary N) is 2. The van der Waals surface area contributed by atoms with Crippen LogP contribution in [0.5, 0.6) is 5.75 Å². The lowest BCUT2D eigenvalue weighted by Gasteiger charge is -2.04. The molecule has 1 aromatic carbocycles. The van der Waals surface area contributed by atoms with E-state index in [4.69, 9.17) is 0 Å². The van der Waals surface area contributed by atoms with Crippen molar-refractivity contribution in [1.29, 1.82) is 0 Å². The summed E-state index contributed by atoms with van der Waals surface area (Å²) in [6.45, 7) is 0. The molecule has 4 heteroatoms. The molecule has 2 aromatic rings. The first-order valence-electron chi connectivity index (χ1n) is 4.83. The van der Waals surface area contributed by atoms with E-state index in [1.54, 1.807) is 42.7 Å². The molecule has 1 aromatic heterocycles. The number of phenols is 1. The van der Waals surface area contributed by atoms with E-state index in [1.165, 1.54) is 6.07 Å². The molecule has 0 bridgehead atoms. The summed E-state index contributed by atoms with van der Waals surface area (Å²) in [6.07, 6.45) is 3.42. The number of para-hydroxylation sites is 1. The Morgan fingerprint density at radius 1 is 1.12 bits per heavy atom. The standard InChI is InChI=1S/C12H10N2O2/c15-11-4-2-1-3-10(11)12(16)14-9-5-7-13-8-6-9/h1-8,15H,(H,13,14,16)/p+1. The fraction of sp³-hybridized carbons (Fsp3) is 0. The first-order chi connectivity index (χ1) is 7.77. The molecule has 4 nitrogen and oxygen atoms in total. The molecule has 2 rings (SSSR count). The molecule has 3 N–H and O–H groups in total. The first-order valence-corrected chi connectivity index (χ1v) is 4.83. The van der Waals surface area contributed by atoms with Crippen LogP contribution in [0.3, 0.4) is 0 Å². The van der Waals surface area contributed by atoms with Gasteiger partial charge >= 0.3 is 0 Å². The first kappa shape index (κ1) is 10.2. The minimum Gasteiger partial charge on any atom is -0.507 e. The van der Waals surface area contributed by atoms with E-state index in [0.717, 1.165) is 0 Å². The number of aromatic nitrogens is 1. The van der Waals surface area contributed by atoms with Gasteiger partial charge in [-0.15, -0.1) is 0 Å². The van der Waals surface area contributed by atoms with Gasteiger partial charge in [0.15, 0.2) is 12.4 Å². The van der Waals surface area contributed by atoms with E-state index in [-0.39, 0.29) is 17.2 Å². The van der Waals surface area contributed by atoms with Gasteiger partial charge in [-0.2, -0.15) is 0 Å². The number of hydrogen-bond acceptors (Lipinski definition) is 2. The number of carbonyl (C=O) groups is 1. The van der Waals surface area contributed by atoms with Crippen LogP contribution in [0.4, 0.5) is 5.69 Å². The molecule has 0 spiro atoms. The maximum Gasteiger partial charge on any atom is 0.259 e. The number of carbonyl (C=O) groups excluding carboxylic acids is 1. The highest BCUT2D eigenvalue weighted by atomic mass is 16.3. The van der Waals surface area contributed by atoms with Gasteiger partial charge in [0, 0.05) is 12.1 Å². The minimum atomic E-state index is -0.329. The topological polar surface area (TPSA) is 63.5 Å². The highest BCUT2D eigenvalue weighted by Gasteiger charge is 2.10. The Labute approximate surface area is 92.6 Å². The molecule has 0 atom stereocenters. The second kappa shape index (κ2) is 4.44. The van der Waals surface area contributed by atoms with E-state index >= 15 is 0 Å². The van der Waals surface area contributed by atoms with Gasteiger partial charge in [0.2, 0.25) is 0 Å². The maximum absolute atomic E-state index is 11.8. The van der Waals surface area contributed by atoms with Gasteiger partial charge in [-0.1, -0.05) is 12.1 Å². The maximum atomic E-state index is 11.8. The van der Waals surface area contributed by atoms with Gasteiger partial charge in [-0.3, -0.25) is 4.79 Å². The Balaban J connectivity index is 2.19. The summed E-state index contributed by atoms with van der Waals surface area (Å²) < 4.78 is 0. The predicted octanol–water partition coefficient (Wildman–Crippen LogP) is 1.46. The molecule has 0 aliphatic carbocycles. The second-order valence-electron chi connectivity index (χ2n) is 3.26. The van der Waals surface area contributed by atoms with Crippen LogP contribution < -0.4 is 10.3 Å². The van der Waals surface area contributed by atoms with Gasteiger partial charge in [0.05, 0.1) is 11.3 Å². The number of anilines is 1. The van der Waals surface area contributed by atoms with Crippen LogP contribution >= 0.6 is 0 Å². The Bertz CT molecular complexity index is 497. The van der Waals surface area contributed by atoms with Gasteiger partial charge < -0.3 is 10.4 Å². The molecule has 1 heterocycles. The van der Waals surface area contributed by atoms with Gasteiger partial charge in [-0.25, -0.2) is 4.98 Å². The average Bonchev–Trinajstić information content (AvgIpc) is 2.31. The Kier molecular flexibility index (Phi) is 2.82. The van der Waals surface area contributed by atoms with Gasteiger partial charge in [0.1, 0.15) is 5.75 Å². The quantitative estimate of drug-likeness (QED) is 0.796. The number of H-pyrrole nitrogens is 1. The van der Waals surface area contributed by atoms with Crippen LogP contribution in [-0.2, 0) is 0 Å². The number of phenolic OH excluding ortho intramolecular Hbond substituents is 1. The number of amides is 1. The number of aromatic hydroxyl groups is 1. The van der Waals surface area contributed by atoms with Crippen LogP contribution in [0, 0.1) is 0 Å². The van der Waals surface area contributed by atoms with E-state index in [2.05, 4.69) is 10.3 Å². The van der Waals surface area contributed by atoms with E-state index in [9.17, 15) is 9.90 Å². The largest absolute Gasteiger partial charge is 0.507 e. The summed E-state index contributed by atoms with van der Waals surface area (Å²) in [7, 11) is 0. The lowest BCUT2D eigenvalue weighted by molar-refractivity contribution is -0.377. The summed E-state index contributed by atoms with van der Waals surface area (Å²) in [5, 5.41) is 12.2. The van der Waals surface area contributed by atoms with Crippen LogP contribution in [0.25, 0.3) is 0 Å². The summed E-state index contributed by atoms with van der Waals surface area (Å²) in [5.41, 5.74) is 0.933. The average molecular weight is 215 g/mol. The third-order valence-electron chi connectivity index (χ3n) is 2.12. The number of benzene rings is 1. The number of pyridine rings is 1. The zero-order chi connectivity index (χ0) is 11.4. The Morgan fingerprint density at radius 2 is 1.81 bits per heavy atom. The normalized spacial score (nSPS) is 9.75. The second-order valence-corrected chi connectivity index (χ2v) is 3.26. The molecule has 0 aliphatic heterocycles. The van der Waals surface area contributed by atoms with E-state index in [1.807, 2.05) is 0 Å². The summed E-state index contributed by atoms with van der Waals surface area (Å²) >= 11 is 0. The number of rotatable bonds is 2. The highest BCUT2D eigenvalue weighted by molar-refractivity contribution is 6.05. The molecule has 0 radical (unpaired) electrons. The molecule has 0 saturated heterocycles. The van der Waals surface area contributed by atoms with Crippen molar-refractivity contribution in [1.82, 2.24) is 0 Å². The van der Waals surface area contributed by atoms with Crippen LogP contribution in [0.15, 0.2) is 48.8 Å². The summed E-state index contributed by atoms with van der Waals surface area (Å²) in [6, 6.07) is 9.89. The molecular weight excluding hydrogens is 204 g/mol. The summed E-state index contributed by atoms with van der Waals surface area (Å²) in [4.78, 5) is 14.6. The lowest BCUT2D eigenvalue weighted by atomic mass is 10.2. The molecule has 1 amide bonds. The minimum absolute atomic E-state index is 0.0255. The monoisotopic (exact) mass is 215 g/mol. The molecule has 0 unspecified atom stereocenters. The summed E-state index contributed by atoms with van der Waals surface area (Å²) in [5.74, 6) is -0.355. The SMILES string of the molecule is O=C(Nc1cc[nH+]cc1)c1ccccc1O. The van der Waals surface area contributed by atoms with E-state index in [0.29, 0.717) is 5.69 Å². The van der Waals surface area contributed by atoms with Crippen molar-refractivity contribution in [3.63, 3.8) is 0 Å². The molecule has 0 aliphatic rings. The molecule has 0 fully saturated rings. The zero-order valence-electron chi connectivity index (χ0n) is 8.47. The smallest absolute Gasteiger partial charge is 0.259 e. The van der Waals surface area contributed by atoms with Gasteiger partial charge in [0.25, 0.3) is 5.91 Å². The van der Waals surface area contributed by atoms with Crippen LogP contribution in [-0.4, -0.2) is 11.0 Å².